The van der Waals surface area contributed by atoms with E-state index in [2.05, 4.69) is 17.9 Å². The third-order valence-electron chi connectivity index (χ3n) is 5.76. The van der Waals surface area contributed by atoms with Gasteiger partial charge < -0.3 is 18.8 Å². The molecule has 4 rings (SSSR count). The molecule has 0 saturated carbocycles. The van der Waals surface area contributed by atoms with Crippen LogP contribution in [-0.4, -0.2) is 67.8 Å². The summed E-state index contributed by atoms with van der Waals surface area (Å²) in [7, 11) is 0. The molecule has 0 aromatic carbocycles. The van der Waals surface area contributed by atoms with Crippen molar-refractivity contribution in [1.29, 1.82) is 0 Å². The molecule has 1 aromatic rings. The Labute approximate surface area is 149 Å². The number of nitrogens with zero attached hydrogens (tertiary/aromatic N) is 2. The minimum Gasteiger partial charge on any atom is -0.465 e. The Morgan fingerprint density at radius 3 is 2.72 bits per heavy atom. The molecular formula is C19H28N2O4. The summed E-state index contributed by atoms with van der Waals surface area (Å²) in [6, 6.07) is 4.10. The zero-order chi connectivity index (χ0) is 17.2. The molecule has 3 aliphatic heterocycles. The van der Waals surface area contributed by atoms with Gasteiger partial charge in [0.05, 0.1) is 31.8 Å². The molecule has 25 heavy (non-hydrogen) atoms. The second-order valence-corrected chi connectivity index (χ2v) is 7.32. The Balaban J connectivity index is 1.46. The molecular weight excluding hydrogens is 320 g/mol. The summed E-state index contributed by atoms with van der Waals surface area (Å²) in [4.78, 5) is 17.4. The summed E-state index contributed by atoms with van der Waals surface area (Å²) in [5.74, 6) is 2.66. The lowest BCUT2D eigenvalue weighted by atomic mass is 9.81. The van der Waals surface area contributed by atoms with Gasteiger partial charge in [0.1, 0.15) is 11.5 Å². The van der Waals surface area contributed by atoms with Crippen LogP contribution < -0.4 is 0 Å². The van der Waals surface area contributed by atoms with E-state index < -0.39 is 0 Å². The van der Waals surface area contributed by atoms with Gasteiger partial charge >= 0.3 is 0 Å². The average molecular weight is 348 g/mol. The summed E-state index contributed by atoms with van der Waals surface area (Å²) >= 11 is 0. The molecule has 1 aromatic heterocycles. The molecule has 0 N–H and O–H groups in total. The van der Waals surface area contributed by atoms with Crippen LogP contribution in [0.3, 0.4) is 0 Å². The average Bonchev–Trinajstić information content (AvgIpc) is 3.30. The van der Waals surface area contributed by atoms with Gasteiger partial charge in [-0.2, -0.15) is 0 Å². The van der Waals surface area contributed by atoms with E-state index in [9.17, 15) is 4.79 Å². The first kappa shape index (κ1) is 17.1. The van der Waals surface area contributed by atoms with E-state index in [1.165, 1.54) is 0 Å². The van der Waals surface area contributed by atoms with Crippen LogP contribution in [0.25, 0.3) is 0 Å². The van der Waals surface area contributed by atoms with Crippen LogP contribution in [0.15, 0.2) is 16.5 Å². The smallest absolute Gasteiger partial charge is 0.227 e. The van der Waals surface area contributed by atoms with E-state index in [0.717, 1.165) is 50.6 Å². The molecule has 0 bridgehead atoms. The highest BCUT2D eigenvalue weighted by atomic mass is 16.5. The molecule has 138 valence electrons. The summed E-state index contributed by atoms with van der Waals surface area (Å²) in [6.45, 7) is 8.03. The fraction of sp³-hybridized carbons (Fsp3) is 0.737. The van der Waals surface area contributed by atoms with Crippen LogP contribution >= 0.6 is 0 Å². The first-order valence-electron chi connectivity index (χ1n) is 9.52. The lowest BCUT2D eigenvalue weighted by molar-refractivity contribution is -0.146. The number of fused-ring (bicyclic) bond motifs is 1. The number of hydrogen-bond acceptors (Lipinski definition) is 5. The largest absolute Gasteiger partial charge is 0.465 e. The zero-order valence-corrected chi connectivity index (χ0v) is 15.0. The lowest BCUT2D eigenvalue weighted by Crippen LogP contribution is -2.54. The van der Waals surface area contributed by atoms with Crippen LogP contribution in [0.5, 0.6) is 0 Å². The normalized spacial score (nSPS) is 30.4. The van der Waals surface area contributed by atoms with E-state index in [-0.39, 0.29) is 17.9 Å². The third kappa shape index (κ3) is 3.61. The Morgan fingerprint density at radius 2 is 1.96 bits per heavy atom. The molecule has 1 amide bonds. The topological polar surface area (TPSA) is 55.2 Å². The van der Waals surface area contributed by atoms with Crippen LogP contribution in [0.4, 0.5) is 0 Å². The number of likely N-dealkylation sites (tertiary alicyclic amines) is 1. The number of hydrogen-bond donors (Lipinski definition) is 0. The molecule has 0 radical (unpaired) electrons. The summed E-state index contributed by atoms with van der Waals surface area (Å²) < 4.78 is 17.2. The van der Waals surface area contributed by atoms with Crippen LogP contribution in [0.1, 0.15) is 24.9 Å². The molecule has 6 nitrogen and oxygen atoms in total. The van der Waals surface area contributed by atoms with Gasteiger partial charge in [-0.3, -0.25) is 9.69 Å². The summed E-state index contributed by atoms with van der Waals surface area (Å²) in [5.41, 5.74) is 0. The van der Waals surface area contributed by atoms with Gasteiger partial charge in [-0.1, -0.05) is 6.92 Å². The van der Waals surface area contributed by atoms with Crippen molar-refractivity contribution >= 4 is 5.91 Å². The van der Waals surface area contributed by atoms with Crippen molar-refractivity contribution in [3.63, 3.8) is 0 Å². The highest BCUT2D eigenvalue weighted by Gasteiger charge is 2.45. The van der Waals surface area contributed by atoms with E-state index in [1.54, 1.807) is 0 Å². The molecule has 0 unspecified atom stereocenters. The van der Waals surface area contributed by atoms with Crippen molar-refractivity contribution in [3.8, 4) is 0 Å². The second kappa shape index (κ2) is 7.48. The number of furan rings is 1. The quantitative estimate of drug-likeness (QED) is 0.826. The van der Waals surface area contributed by atoms with E-state index in [1.807, 2.05) is 11.0 Å². The van der Waals surface area contributed by atoms with Crippen molar-refractivity contribution < 1.29 is 18.7 Å². The first-order chi connectivity index (χ1) is 12.2. The predicted molar refractivity (Wildman–Crippen MR) is 92.1 cm³/mol. The highest BCUT2D eigenvalue weighted by Crippen LogP contribution is 2.35. The number of morpholine rings is 1. The molecule has 0 aliphatic carbocycles. The molecule has 3 atom stereocenters. The minimum absolute atomic E-state index is 0.0277. The number of rotatable bonds is 4. The monoisotopic (exact) mass is 348 g/mol. The van der Waals surface area contributed by atoms with Crippen molar-refractivity contribution in [2.45, 2.75) is 32.4 Å². The van der Waals surface area contributed by atoms with Gasteiger partial charge in [0.25, 0.3) is 0 Å². The maximum atomic E-state index is 13.1. The number of amides is 1. The fourth-order valence-corrected chi connectivity index (χ4v) is 4.38. The van der Waals surface area contributed by atoms with Crippen LogP contribution in [0, 0.1) is 11.8 Å². The van der Waals surface area contributed by atoms with E-state index >= 15 is 0 Å². The number of ether oxygens (including phenoxy) is 2. The highest BCUT2D eigenvalue weighted by molar-refractivity contribution is 5.79. The fourth-order valence-electron chi connectivity index (χ4n) is 4.38. The van der Waals surface area contributed by atoms with Crippen molar-refractivity contribution in [2.24, 2.45) is 11.8 Å². The van der Waals surface area contributed by atoms with E-state index in [4.69, 9.17) is 13.9 Å². The predicted octanol–water partition coefficient (Wildman–Crippen LogP) is 1.54. The van der Waals surface area contributed by atoms with Crippen molar-refractivity contribution in [1.82, 2.24) is 9.80 Å². The molecule has 3 aliphatic rings. The Kier molecular flexibility index (Phi) is 5.10. The van der Waals surface area contributed by atoms with Gasteiger partial charge in [0, 0.05) is 45.1 Å². The van der Waals surface area contributed by atoms with Gasteiger partial charge in [-0.05, 0) is 18.6 Å². The first-order valence-corrected chi connectivity index (χ1v) is 9.52. The molecule has 3 saturated heterocycles. The third-order valence-corrected chi connectivity index (χ3v) is 5.76. The van der Waals surface area contributed by atoms with Gasteiger partial charge in [-0.15, -0.1) is 0 Å². The van der Waals surface area contributed by atoms with Crippen molar-refractivity contribution in [3.05, 3.63) is 23.7 Å². The van der Waals surface area contributed by atoms with Crippen molar-refractivity contribution in [2.75, 3.05) is 46.0 Å². The number of carbonyl (C=O) groups excluding carboxylic acids is 1. The maximum absolute atomic E-state index is 13.1. The molecule has 3 fully saturated rings. The number of aryl methyl sites for hydroxylation is 1. The standard InChI is InChI=1S/C19H28N2O4/c1-2-14-3-4-15(25-14)11-20-12-17(16-5-8-24-18(16)13-20)19(22)21-6-9-23-10-7-21/h3-4,16-18H,2,5-13H2,1H3/t16-,17-,18+/m1/s1. The van der Waals surface area contributed by atoms with Gasteiger partial charge in [-0.25, -0.2) is 0 Å². The molecule has 4 heterocycles. The SMILES string of the molecule is CCc1ccc(CN2C[C@@H]3OCC[C@@H]3[C@H](C(=O)N3CCOCC3)C2)o1. The second-order valence-electron chi connectivity index (χ2n) is 7.32. The Morgan fingerprint density at radius 1 is 1.16 bits per heavy atom. The van der Waals surface area contributed by atoms with Gasteiger partial charge in [0.2, 0.25) is 5.91 Å². The Bertz CT molecular complexity index is 596. The number of carbonyl (C=O) groups is 1. The molecule has 6 heteroatoms. The minimum atomic E-state index is 0.0277. The summed E-state index contributed by atoms with van der Waals surface area (Å²) in [6.07, 6.45) is 2.08. The van der Waals surface area contributed by atoms with E-state index in [0.29, 0.717) is 32.2 Å². The van der Waals surface area contributed by atoms with Crippen LogP contribution in [-0.2, 0) is 27.2 Å². The van der Waals surface area contributed by atoms with Crippen LogP contribution in [0.2, 0.25) is 0 Å². The lowest BCUT2D eigenvalue weighted by Gasteiger charge is -2.41. The van der Waals surface area contributed by atoms with Gasteiger partial charge in [0.15, 0.2) is 0 Å². The Hall–Kier alpha value is -1.37. The summed E-state index contributed by atoms with van der Waals surface area (Å²) in [5, 5.41) is 0. The zero-order valence-electron chi connectivity index (χ0n) is 15.0. The number of piperidine rings is 1. The molecule has 0 spiro atoms. The maximum Gasteiger partial charge on any atom is 0.227 e.